The molecule has 2 amide bonds. The van der Waals surface area contributed by atoms with Gasteiger partial charge >= 0.3 is 0 Å². The van der Waals surface area contributed by atoms with Gasteiger partial charge in [-0.2, -0.15) is 0 Å². The number of benzene rings is 2. The summed E-state index contributed by atoms with van der Waals surface area (Å²) in [6.45, 7) is 0. The minimum Gasteiger partial charge on any atom is -0.398 e. The number of rotatable bonds is 5. The molecular formula is C14H14N4O2S2. The molecule has 0 spiro atoms. The van der Waals surface area contributed by atoms with Crippen molar-refractivity contribution in [3.63, 3.8) is 0 Å². The highest BCUT2D eigenvalue weighted by atomic mass is 33.1. The normalized spacial score (nSPS) is 10.4. The first-order valence-corrected chi connectivity index (χ1v) is 8.26. The molecular weight excluding hydrogens is 320 g/mol. The number of anilines is 2. The van der Waals surface area contributed by atoms with Crippen molar-refractivity contribution in [3.8, 4) is 0 Å². The molecule has 0 aliphatic heterocycles. The van der Waals surface area contributed by atoms with E-state index in [0.717, 1.165) is 9.79 Å². The van der Waals surface area contributed by atoms with E-state index in [0.29, 0.717) is 22.5 Å². The van der Waals surface area contributed by atoms with Crippen LogP contribution >= 0.6 is 21.6 Å². The minimum atomic E-state index is -0.526. The van der Waals surface area contributed by atoms with Gasteiger partial charge in [0.15, 0.2) is 0 Å². The van der Waals surface area contributed by atoms with Gasteiger partial charge in [-0.15, -0.1) is 0 Å². The molecule has 8 heteroatoms. The van der Waals surface area contributed by atoms with Gasteiger partial charge in [-0.3, -0.25) is 9.59 Å². The quantitative estimate of drug-likeness (QED) is 0.486. The second-order valence-electron chi connectivity index (χ2n) is 4.40. The van der Waals surface area contributed by atoms with Gasteiger partial charge in [0.05, 0.1) is 0 Å². The van der Waals surface area contributed by atoms with Crippen molar-refractivity contribution >= 4 is 44.8 Å². The molecule has 0 radical (unpaired) electrons. The number of hydrogen-bond donors (Lipinski definition) is 4. The number of nitrogens with two attached hydrogens (primary N) is 4. The van der Waals surface area contributed by atoms with Crippen molar-refractivity contribution in [2.45, 2.75) is 9.79 Å². The summed E-state index contributed by atoms with van der Waals surface area (Å²) in [5.74, 6) is -1.05. The Bertz CT molecular complexity index is 686. The smallest absolute Gasteiger partial charge is 0.248 e. The van der Waals surface area contributed by atoms with Crippen molar-refractivity contribution in [2.75, 3.05) is 11.5 Å². The predicted molar refractivity (Wildman–Crippen MR) is 90.5 cm³/mol. The molecule has 0 aromatic heterocycles. The zero-order chi connectivity index (χ0) is 16.3. The third-order valence-corrected chi connectivity index (χ3v) is 5.32. The van der Waals surface area contributed by atoms with Gasteiger partial charge in [-0.25, -0.2) is 0 Å². The van der Waals surface area contributed by atoms with Crippen LogP contribution in [0.3, 0.4) is 0 Å². The predicted octanol–water partition coefficient (Wildman–Crippen LogP) is 1.85. The van der Waals surface area contributed by atoms with Crippen LogP contribution in [0.15, 0.2) is 46.2 Å². The maximum Gasteiger partial charge on any atom is 0.248 e. The number of carbonyl (C=O) groups excluding carboxylic acids is 2. The molecule has 0 saturated heterocycles. The maximum absolute atomic E-state index is 11.1. The summed E-state index contributed by atoms with van der Waals surface area (Å²) in [5, 5.41) is 0. The molecule has 8 N–H and O–H groups in total. The first-order chi connectivity index (χ1) is 10.4. The van der Waals surface area contributed by atoms with E-state index in [2.05, 4.69) is 0 Å². The molecule has 6 nitrogen and oxygen atoms in total. The van der Waals surface area contributed by atoms with Crippen LogP contribution in [0.1, 0.15) is 20.7 Å². The standard InChI is InChI=1S/C14H14N4O2S2/c15-9-5-7(13(17)19)1-3-11(9)21-22-12-4-2-8(14(18)20)6-10(12)16/h1-6H,15-16H2,(H2,17,19)(H2,18,20). The average Bonchev–Trinajstić information content (AvgIpc) is 2.46. The van der Waals surface area contributed by atoms with Gasteiger partial charge in [0.2, 0.25) is 11.8 Å². The molecule has 22 heavy (non-hydrogen) atoms. The lowest BCUT2D eigenvalue weighted by molar-refractivity contribution is 0.0992. The molecule has 0 fully saturated rings. The second kappa shape index (κ2) is 6.63. The topological polar surface area (TPSA) is 138 Å². The fourth-order valence-corrected chi connectivity index (χ4v) is 3.83. The monoisotopic (exact) mass is 334 g/mol. The summed E-state index contributed by atoms with van der Waals surface area (Å²) in [7, 11) is 2.78. The maximum atomic E-state index is 11.1. The molecule has 2 aromatic carbocycles. The SMILES string of the molecule is NC(=O)c1ccc(SSc2ccc(C(N)=O)cc2N)c(N)c1. The number of primary amides is 2. The third kappa shape index (κ3) is 3.66. The van der Waals surface area contributed by atoms with Crippen molar-refractivity contribution in [3.05, 3.63) is 47.5 Å². The van der Waals surface area contributed by atoms with E-state index in [1.54, 1.807) is 24.3 Å². The lowest BCUT2D eigenvalue weighted by atomic mass is 10.2. The summed E-state index contributed by atoms with van der Waals surface area (Å²) in [5.41, 5.74) is 23.8. The summed E-state index contributed by atoms with van der Waals surface area (Å²) < 4.78 is 0. The van der Waals surface area contributed by atoms with Crippen molar-refractivity contribution in [1.29, 1.82) is 0 Å². The van der Waals surface area contributed by atoms with E-state index in [-0.39, 0.29) is 0 Å². The number of hydrogen-bond acceptors (Lipinski definition) is 6. The van der Waals surface area contributed by atoms with E-state index in [1.807, 2.05) is 0 Å². The summed E-state index contributed by atoms with van der Waals surface area (Å²) in [4.78, 5) is 23.7. The first kappa shape index (κ1) is 16.1. The number of carbonyl (C=O) groups is 2. The second-order valence-corrected chi connectivity index (χ2v) is 6.61. The molecule has 0 aliphatic carbocycles. The van der Waals surface area contributed by atoms with Gasteiger partial charge in [0, 0.05) is 32.3 Å². The summed E-state index contributed by atoms with van der Waals surface area (Å²) in [6, 6.07) is 9.74. The molecule has 2 aromatic rings. The lowest BCUT2D eigenvalue weighted by Crippen LogP contribution is -2.11. The van der Waals surface area contributed by atoms with Crippen LogP contribution in [0.25, 0.3) is 0 Å². The Morgan fingerprint density at radius 2 is 1.09 bits per heavy atom. The molecule has 0 bridgehead atoms. The highest BCUT2D eigenvalue weighted by Gasteiger charge is 2.09. The molecule has 2 rings (SSSR count). The fraction of sp³-hybridized carbons (Fsp3) is 0. The largest absolute Gasteiger partial charge is 0.398 e. The Labute approximate surface area is 135 Å². The highest BCUT2D eigenvalue weighted by Crippen LogP contribution is 2.42. The lowest BCUT2D eigenvalue weighted by Gasteiger charge is -2.08. The van der Waals surface area contributed by atoms with Crippen molar-refractivity contribution in [1.82, 2.24) is 0 Å². The zero-order valence-electron chi connectivity index (χ0n) is 11.4. The molecule has 0 aliphatic rings. The third-order valence-electron chi connectivity index (χ3n) is 2.81. The van der Waals surface area contributed by atoms with E-state index >= 15 is 0 Å². The van der Waals surface area contributed by atoms with Gasteiger partial charge < -0.3 is 22.9 Å². The van der Waals surface area contributed by atoms with Crippen LogP contribution in [0.5, 0.6) is 0 Å². The number of amides is 2. The van der Waals surface area contributed by atoms with Crippen LogP contribution in [0, 0.1) is 0 Å². The molecule has 114 valence electrons. The van der Waals surface area contributed by atoms with Gasteiger partial charge in [0.25, 0.3) is 0 Å². The van der Waals surface area contributed by atoms with Crippen molar-refractivity contribution in [2.24, 2.45) is 11.5 Å². The van der Waals surface area contributed by atoms with Crippen LogP contribution in [0.4, 0.5) is 11.4 Å². The van der Waals surface area contributed by atoms with Crippen LogP contribution < -0.4 is 22.9 Å². The summed E-state index contributed by atoms with van der Waals surface area (Å²) >= 11 is 0. The Hall–Kier alpha value is -2.32. The van der Waals surface area contributed by atoms with Crippen LogP contribution in [0.2, 0.25) is 0 Å². The van der Waals surface area contributed by atoms with Crippen LogP contribution in [-0.4, -0.2) is 11.8 Å². The Morgan fingerprint density at radius 1 is 0.727 bits per heavy atom. The molecule has 0 atom stereocenters. The van der Waals surface area contributed by atoms with Crippen molar-refractivity contribution < 1.29 is 9.59 Å². The van der Waals surface area contributed by atoms with Gasteiger partial charge in [-0.1, -0.05) is 21.6 Å². The Balaban J connectivity index is 2.13. The van der Waals surface area contributed by atoms with Gasteiger partial charge in [-0.05, 0) is 36.4 Å². The molecule has 0 saturated carbocycles. The van der Waals surface area contributed by atoms with E-state index in [1.165, 1.54) is 33.7 Å². The van der Waals surface area contributed by atoms with Crippen LogP contribution in [-0.2, 0) is 0 Å². The molecule has 0 heterocycles. The van der Waals surface area contributed by atoms with E-state index in [9.17, 15) is 9.59 Å². The highest BCUT2D eigenvalue weighted by molar-refractivity contribution is 8.76. The molecule has 0 unspecified atom stereocenters. The summed E-state index contributed by atoms with van der Waals surface area (Å²) in [6.07, 6.45) is 0. The Morgan fingerprint density at radius 3 is 1.36 bits per heavy atom. The average molecular weight is 334 g/mol. The fourth-order valence-electron chi connectivity index (χ4n) is 1.65. The first-order valence-electron chi connectivity index (χ1n) is 6.11. The zero-order valence-corrected chi connectivity index (χ0v) is 13.0. The Kier molecular flexibility index (Phi) is 4.84. The van der Waals surface area contributed by atoms with Gasteiger partial charge in [0.1, 0.15) is 0 Å². The number of nitrogen functional groups attached to an aromatic ring is 2. The van der Waals surface area contributed by atoms with E-state index in [4.69, 9.17) is 22.9 Å². The minimum absolute atomic E-state index is 0.358. The van der Waals surface area contributed by atoms with E-state index < -0.39 is 11.8 Å².